The molecule has 2 amide bonds. The van der Waals surface area contributed by atoms with E-state index < -0.39 is 0 Å². The first-order valence-electron chi connectivity index (χ1n) is 5.47. The van der Waals surface area contributed by atoms with Gasteiger partial charge in [0.1, 0.15) is 0 Å². The summed E-state index contributed by atoms with van der Waals surface area (Å²) in [6.45, 7) is 5.65. The van der Waals surface area contributed by atoms with Gasteiger partial charge in [-0.3, -0.25) is 19.3 Å². The van der Waals surface area contributed by atoms with Gasteiger partial charge in [-0.25, -0.2) is 0 Å². The van der Waals surface area contributed by atoms with Gasteiger partial charge in [-0.2, -0.15) is 0 Å². The number of hydrogen-bond acceptors (Lipinski definition) is 4. The molecule has 5 heteroatoms. The van der Waals surface area contributed by atoms with Crippen LogP contribution in [-0.4, -0.2) is 39.5 Å². The summed E-state index contributed by atoms with van der Waals surface area (Å²) in [6.07, 6.45) is 0.595. The fourth-order valence-electron chi connectivity index (χ4n) is 1.54. The molecule has 1 saturated heterocycles. The molecule has 0 N–H and O–H groups in total. The van der Waals surface area contributed by atoms with Gasteiger partial charge in [0, 0.05) is 12.8 Å². The van der Waals surface area contributed by atoms with Crippen molar-refractivity contribution in [3.05, 3.63) is 0 Å². The number of amides is 2. The molecule has 0 aromatic rings. The molecule has 0 spiro atoms. The van der Waals surface area contributed by atoms with E-state index in [1.165, 1.54) is 11.8 Å². The minimum atomic E-state index is -0.294. The Hall–Kier alpha value is -0.840. The van der Waals surface area contributed by atoms with Crippen LogP contribution in [0.1, 0.15) is 33.6 Å². The van der Waals surface area contributed by atoms with E-state index in [2.05, 4.69) is 0 Å². The lowest BCUT2D eigenvalue weighted by molar-refractivity contribution is -0.141. The average molecular weight is 243 g/mol. The Kier molecular flexibility index (Phi) is 4.53. The highest BCUT2D eigenvalue weighted by molar-refractivity contribution is 8.01. The van der Waals surface area contributed by atoms with Gasteiger partial charge in [-0.1, -0.05) is 20.8 Å². The second-order valence-corrected chi connectivity index (χ2v) is 5.87. The van der Waals surface area contributed by atoms with Crippen LogP contribution in [0.5, 0.6) is 0 Å². The Bertz CT molecular complexity index is 314. The predicted molar refractivity (Wildman–Crippen MR) is 63.2 cm³/mol. The summed E-state index contributed by atoms with van der Waals surface area (Å²) in [5.41, 5.74) is 0. The smallest absolute Gasteiger partial charge is 0.243 e. The number of ketones is 1. The Morgan fingerprint density at radius 1 is 1.50 bits per heavy atom. The molecule has 0 bridgehead atoms. The minimum Gasteiger partial charge on any atom is -0.298 e. The van der Waals surface area contributed by atoms with Crippen molar-refractivity contribution in [2.75, 3.05) is 6.54 Å². The molecular weight excluding hydrogens is 226 g/mol. The van der Waals surface area contributed by atoms with Gasteiger partial charge in [0.2, 0.25) is 11.8 Å². The molecule has 1 aliphatic rings. The standard InChI is InChI=1S/C11H17NO3S/c1-4-8(13)6-12-10(14)5-9(11(12)15)16-7(2)3/h7,9H,4-6H2,1-3H3. The van der Waals surface area contributed by atoms with E-state index >= 15 is 0 Å². The third-order valence-electron chi connectivity index (χ3n) is 2.37. The first kappa shape index (κ1) is 13.2. The van der Waals surface area contributed by atoms with Crippen molar-refractivity contribution < 1.29 is 14.4 Å². The zero-order valence-corrected chi connectivity index (χ0v) is 10.7. The van der Waals surface area contributed by atoms with E-state index in [9.17, 15) is 14.4 Å². The Labute approximate surface area is 99.8 Å². The van der Waals surface area contributed by atoms with Gasteiger partial charge in [0.15, 0.2) is 5.78 Å². The van der Waals surface area contributed by atoms with Gasteiger partial charge in [-0.05, 0) is 5.25 Å². The Morgan fingerprint density at radius 3 is 2.62 bits per heavy atom. The van der Waals surface area contributed by atoms with Gasteiger partial charge in [0.05, 0.1) is 11.8 Å². The first-order valence-corrected chi connectivity index (χ1v) is 6.41. The zero-order chi connectivity index (χ0) is 12.3. The quantitative estimate of drug-likeness (QED) is 0.682. The summed E-state index contributed by atoms with van der Waals surface area (Å²) >= 11 is 1.49. The summed E-state index contributed by atoms with van der Waals surface area (Å²) in [5.74, 6) is -0.493. The fourth-order valence-corrected chi connectivity index (χ4v) is 2.68. The highest BCUT2D eigenvalue weighted by Crippen LogP contribution is 2.28. The normalized spacial score (nSPS) is 21.0. The maximum absolute atomic E-state index is 11.8. The number of rotatable bonds is 5. The number of imide groups is 1. The highest BCUT2D eigenvalue weighted by Gasteiger charge is 2.39. The summed E-state index contributed by atoms with van der Waals surface area (Å²) in [6, 6.07) is 0. The molecule has 1 fully saturated rings. The molecule has 90 valence electrons. The molecule has 0 aromatic carbocycles. The van der Waals surface area contributed by atoms with Crippen molar-refractivity contribution in [1.82, 2.24) is 4.90 Å². The number of hydrogen-bond donors (Lipinski definition) is 0. The van der Waals surface area contributed by atoms with E-state index in [1.807, 2.05) is 13.8 Å². The molecule has 1 atom stereocenters. The van der Waals surface area contributed by atoms with Gasteiger partial charge in [-0.15, -0.1) is 11.8 Å². The summed E-state index contributed by atoms with van der Waals surface area (Å²) < 4.78 is 0. The SMILES string of the molecule is CCC(=O)CN1C(=O)CC(SC(C)C)C1=O. The third-order valence-corrected chi connectivity index (χ3v) is 3.61. The van der Waals surface area contributed by atoms with E-state index in [0.717, 1.165) is 4.90 Å². The number of Topliss-reactive ketones (excluding diaryl/α,β-unsaturated/α-hetero) is 1. The van der Waals surface area contributed by atoms with Crippen LogP contribution in [0.3, 0.4) is 0 Å². The fraction of sp³-hybridized carbons (Fsp3) is 0.727. The molecule has 0 aliphatic carbocycles. The summed E-state index contributed by atoms with van der Waals surface area (Å²) in [5, 5.41) is 0.0146. The van der Waals surface area contributed by atoms with Crippen LogP contribution in [0, 0.1) is 0 Å². The van der Waals surface area contributed by atoms with Crippen molar-refractivity contribution in [3.63, 3.8) is 0 Å². The molecule has 1 heterocycles. The average Bonchev–Trinajstić information content (AvgIpc) is 2.45. The maximum atomic E-state index is 11.8. The van der Waals surface area contributed by atoms with E-state index in [1.54, 1.807) is 6.92 Å². The zero-order valence-electron chi connectivity index (χ0n) is 9.86. The minimum absolute atomic E-state index is 0.0523. The van der Waals surface area contributed by atoms with Crippen LogP contribution >= 0.6 is 11.8 Å². The van der Waals surface area contributed by atoms with Crippen LogP contribution in [0.25, 0.3) is 0 Å². The van der Waals surface area contributed by atoms with Gasteiger partial charge in [0.25, 0.3) is 0 Å². The predicted octanol–water partition coefficient (Wildman–Crippen LogP) is 1.23. The van der Waals surface area contributed by atoms with Crippen molar-refractivity contribution >= 4 is 29.4 Å². The van der Waals surface area contributed by atoms with E-state index in [0.29, 0.717) is 11.7 Å². The molecule has 0 radical (unpaired) electrons. The van der Waals surface area contributed by atoms with E-state index in [4.69, 9.17) is 0 Å². The number of nitrogens with zero attached hydrogens (tertiary/aromatic N) is 1. The Morgan fingerprint density at radius 2 is 2.12 bits per heavy atom. The van der Waals surface area contributed by atoms with Crippen molar-refractivity contribution in [2.24, 2.45) is 0 Å². The molecular formula is C11H17NO3S. The summed E-state index contributed by atoms with van der Waals surface area (Å²) in [7, 11) is 0. The number of carbonyl (C=O) groups is 3. The second-order valence-electron chi connectivity index (χ2n) is 4.09. The molecule has 16 heavy (non-hydrogen) atoms. The van der Waals surface area contributed by atoms with Crippen molar-refractivity contribution in [3.8, 4) is 0 Å². The van der Waals surface area contributed by atoms with Crippen molar-refractivity contribution in [2.45, 2.75) is 44.1 Å². The van der Waals surface area contributed by atoms with Crippen LogP contribution < -0.4 is 0 Å². The lowest BCUT2D eigenvalue weighted by Crippen LogP contribution is -2.35. The second kappa shape index (κ2) is 5.48. The van der Waals surface area contributed by atoms with Crippen LogP contribution in [0.4, 0.5) is 0 Å². The lowest BCUT2D eigenvalue weighted by atomic mass is 10.3. The summed E-state index contributed by atoms with van der Waals surface area (Å²) in [4.78, 5) is 35.7. The Balaban J connectivity index is 2.64. The molecule has 1 unspecified atom stereocenters. The van der Waals surface area contributed by atoms with Crippen LogP contribution in [0.2, 0.25) is 0 Å². The topological polar surface area (TPSA) is 54.5 Å². The third kappa shape index (κ3) is 3.07. The van der Waals surface area contributed by atoms with Crippen LogP contribution in [0.15, 0.2) is 0 Å². The highest BCUT2D eigenvalue weighted by atomic mass is 32.2. The lowest BCUT2D eigenvalue weighted by Gasteiger charge is -2.14. The monoisotopic (exact) mass is 243 g/mol. The van der Waals surface area contributed by atoms with Crippen LogP contribution in [-0.2, 0) is 14.4 Å². The number of thioether (sulfide) groups is 1. The number of carbonyl (C=O) groups excluding carboxylic acids is 3. The largest absolute Gasteiger partial charge is 0.298 e. The van der Waals surface area contributed by atoms with Gasteiger partial charge >= 0.3 is 0 Å². The molecule has 4 nitrogen and oxygen atoms in total. The molecule has 0 aromatic heterocycles. The van der Waals surface area contributed by atoms with Crippen molar-refractivity contribution in [1.29, 1.82) is 0 Å². The molecule has 0 saturated carbocycles. The maximum Gasteiger partial charge on any atom is 0.243 e. The number of likely N-dealkylation sites (tertiary alicyclic amines) is 1. The van der Waals surface area contributed by atoms with E-state index in [-0.39, 0.29) is 35.8 Å². The molecule has 1 aliphatic heterocycles. The van der Waals surface area contributed by atoms with Gasteiger partial charge < -0.3 is 0 Å². The first-order chi connectivity index (χ1) is 7.45. The molecule has 1 rings (SSSR count).